The van der Waals surface area contributed by atoms with Gasteiger partial charge in [0.05, 0.1) is 5.41 Å². The minimum absolute atomic E-state index is 0.266. The van der Waals surface area contributed by atoms with E-state index in [1.165, 1.54) is 118 Å². The van der Waals surface area contributed by atoms with Crippen LogP contribution in [0.15, 0.2) is 237 Å². The van der Waals surface area contributed by atoms with Gasteiger partial charge < -0.3 is 0 Å². The standard InChI is InChI=1S/C33H30.C13H12.C11H10.C7H8.C6H8.2C2H6/c1-5-10-27-26-17-15-22(3)20-31(26)33(32(27)24-12-7-6-11-23(24)4)29-14-9-8-13-25(29)28-19-21(2)16-18-30(28)33;1-11-7-9-13(10-8-11)12-5-3-2-4-6-12;1-9-5-4-7-10-6-2-3-8-11(9)10;1-7-5-3-2-4-6-7;1-2-4-6-5-3-1;2*1-2/h6-9,11-20H,5,10H2,1-4H3;2-10H,1H3;2-8H,1H3;2-6H,1H3;1-4H,5-6H2;2*1-2H3. The molecule has 9 aromatic carbocycles. The molecule has 0 radical (unpaired) electrons. The number of hydrogen-bond donors (Lipinski definition) is 0. The van der Waals surface area contributed by atoms with Gasteiger partial charge in [0.2, 0.25) is 0 Å². The lowest BCUT2D eigenvalue weighted by Crippen LogP contribution is -2.27. The molecule has 0 N–H and O–H groups in total. The Morgan fingerprint density at radius 1 is 0.365 bits per heavy atom. The third kappa shape index (κ3) is 13.2. The number of aryl methyl sites for hydroxylation is 6. The molecule has 0 amide bonds. The van der Waals surface area contributed by atoms with E-state index in [-0.39, 0.29) is 5.41 Å². The minimum Gasteiger partial charge on any atom is -0.0842 e. The van der Waals surface area contributed by atoms with Crippen molar-refractivity contribution in [2.24, 2.45) is 0 Å². The van der Waals surface area contributed by atoms with E-state index in [2.05, 4.69) is 261 Å². The summed E-state index contributed by atoms with van der Waals surface area (Å²) in [5.74, 6) is 0. The second-order valence-corrected chi connectivity index (χ2v) is 18.9. The molecule has 1 atom stereocenters. The maximum atomic E-state index is 2.46. The van der Waals surface area contributed by atoms with Gasteiger partial charge in [-0.1, -0.05) is 300 Å². The maximum absolute atomic E-state index is 2.46. The predicted molar refractivity (Wildman–Crippen MR) is 327 cm³/mol. The van der Waals surface area contributed by atoms with Gasteiger partial charge in [0.25, 0.3) is 0 Å². The van der Waals surface area contributed by atoms with Crippen LogP contribution in [0.5, 0.6) is 0 Å². The molecule has 0 heteroatoms. The first kappa shape index (κ1) is 55.8. The Kier molecular flexibility index (Phi) is 21.1. The second kappa shape index (κ2) is 28.1. The zero-order valence-corrected chi connectivity index (χ0v) is 46.3. The first-order valence-corrected chi connectivity index (χ1v) is 27.2. The Bertz CT molecular complexity index is 3230. The van der Waals surface area contributed by atoms with Crippen LogP contribution in [0.4, 0.5) is 0 Å². The Morgan fingerprint density at radius 2 is 0.865 bits per heavy atom. The first-order valence-electron chi connectivity index (χ1n) is 27.2. The molecule has 1 spiro atoms. The van der Waals surface area contributed by atoms with E-state index in [0.717, 1.165) is 12.8 Å². The lowest BCUT2D eigenvalue weighted by molar-refractivity contribution is 0.838. The van der Waals surface area contributed by atoms with Gasteiger partial charge in [-0.2, -0.15) is 0 Å². The molecular formula is C74H80. The van der Waals surface area contributed by atoms with Crippen LogP contribution >= 0.6 is 0 Å². The molecule has 376 valence electrons. The van der Waals surface area contributed by atoms with Gasteiger partial charge in [-0.3, -0.25) is 0 Å². The summed E-state index contributed by atoms with van der Waals surface area (Å²) >= 11 is 0. The second-order valence-electron chi connectivity index (χ2n) is 18.9. The van der Waals surface area contributed by atoms with Crippen LogP contribution in [-0.4, -0.2) is 0 Å². The van der Waals surface area contributed by atoms with Crippen molar-refractivity contribution < 1.29 is 0 Å². The highest BCUT2D eigenvalue weighted by molar-refractivity contribution is 6.10. The van der Waals surface area contributed by atoms with Gasteiger partial charge in [0.15, 0.2) is 0 Å². The fourth-order valence-corrected chi connectivity index (χ4v) is 10.3. The van der Waals surface area contributed by atoms with Gasteiger partial charge in [-0.25, -0.2) is 0 Å². The number of allylic oxidation sites excluding steroid dienone is 6. The molecule has 0 aliphatic heterocycles. The summed E-state index contributed by atoms with van der Waals surface area (Å²) in [6, 6.07) is 76.5. The predicted octanol–water partition coefficient (Wildman–Crippen LogP) is 21.4. The van der Waals surface area contributed by atoms with Crippen LogP contribution in [0.2, 0.25) is 0 Å². The lowest BCUT2D eigenvalue weighted by Gasteiger charge is -2.34. The molecule has 74 heavy (non-hydrogen) atoms. The monoisotopic (exact) mass is 969 g/mol. The Labute approximate surface area is 446 Å². The summed E-state index contributed by atoms with van der Waals surface area (Å²) < 4.78 is 0. The van der Waals surface area contributed by atoms with E-state index < -0.39 is 0 Å². The van der Waals surface area contributed by atoms with E-state index >= 15 is 0 Å². The SMILES string of the molecule is C1=CCCC=C1.CC.CC.CCCC1=C(c2ccccc2C)C2(c3cc(C)ccc31)c1ccccc1-c1cc(C)ccc12.Cc1ccc(-c2ccccc2)cc1.Cc1cccc2ccccc12.Cc1ccccc1. The third-order valence-electron chi connectivity index (χ3n) is 13.7. The quantitative estimate of drug-likeness (QED) is 0.165. The van der Waals surface area contributed by atoms with Crippen molar-refractivity contribution >= 4 is 21.9 Å². The van der Waals surface area contributed by atoms with Crippen LogP contribution in [0.1, 0.15) is 121 Å². The topological polar surface area (TPSA) is 0 Å². The molecule has 1 unspecified atom stereocenters. The lowest BCUT2D eigenvalue weighted by atomic mass is 9.67. The third-order valence-corrected chi connectivity index (χ3v) is 13.7. The summed E-state index contributed by atoms with van der Waals surface area (Å²) in [5, 5.41) is 2.68. The zero-order chi connectivity index (χ0) is 52.9. The van der Waals surface area contributed by atoms with Crippen LogP contribution < -0.4 is 0 Å². The minimum atomic E-state index is -0.266. The fraction of sp³-hybridized carbons (Fsp3) is 0.216. The molecule has 3 aliphatic carbocycles. The molecule has 12 rings (SSSR count). The highest BCUT2D eigenvalue weighted by atomic mass is 14.5. The molecule has 0 heterocycles. The summed E-state index contributed by atoms with van der Waals surface area (Å²) in [7, 11) is 0. The largest absolute Gasteiger partial charge is 0.0842 e. The van der Waals surface area contributed by atoms with Crippen LogP contribution in [0.3, 0.4) is 0 Å². The first-order chi connectivity index (χ1) is 36.2. The van der Waals surface area contributed by atoms with E-state index in [0.29, 0.717) is 0 Å². The van der Waals surface area contributed by atoms with E-state index in [1.54, 1.807) is 0 Å². The molecule has 0 aromatic heterocycles. The average molecular weight is 969 g/mol. The molecule has 0 saturated heterocycles. The van der Waals surface area contributed by atoms with Crippen molar-refractivity contribution in [2.75, 3.05) is 0 Å². The molecule has 3 aliphatic rings. The van der Waals surface area contributed by atoms with Crippen molar-refractivity contribution in [3.63, 3.8) is 0 Å². The van der Waals surface area contributed by atoms with Gasteiger partial charge in [0.1, 0.15) is 0 Å². The van der Waals surface area contributed by atoms with Crippen LogP contribution in [-0.2, 0) is 5.41 Å². The Morgan fingerprint density at radius 3 is 1.47 bits per heavy atom. The summed E-state index contributed by atoms with van der Waals surface area (Å²) in [6.45, 7) is 23.3. The zero-order valence-electron chi connectivity index (χ0n) is 46.3. The maximum Gasteiger partial charge on any atom is 0.0728 e. The van der Waals surface area contributed by atoms with E-state index in [9.17, 15) is 0 Å². The van der Waals surface area contributed by atoms with Crippen molar-refractivity contribution in [2.45, 2.75) is 107 Å². The van der Waals surface area contributed by atoms with Gasteiger partial charge in [-0.05, 0) is 144 Å². The van der Waals surface area contributed by atoms with E-state index in [1.807, 2.05) is 52.0 Å². The molecule has 0 bridgehead atoms. The normalized spacial score (nSPS) is 13.8. The number of fused-ring (bicyclic) bond motifs is 8. The molecule has 0 saturated carbocycles. The highest BCUT2D eigenvalue weighted by Crippen LogP contribution is 2.65. The fourth-order valence-electron chi connectivity index (χ4n) is 10.3. The molecule has 9 aromatic rings. The Balaban J connectivity index is 0.000000177. The highest BCUT2D eigenvalue weighted by Gasteiger charge is 2.53. The Hall–Kier alpha value is -7.54. The molecule has 0 fully saturated rings. The summed E-state index contributed by atoms with van der Waals surface area (Å²) in [6.07, 6.45) is 13.2. The van der Waals surface area contributed by atoms with E-state index in [4.69, 9.17) is 0 Å². The van der Waals surface area contributed by atoms with Crippen molar-refractivity contribution in [1.29, 1.82) is 0 Å². The number of hydrogen-bond acceptors (Lipinski definition) is 0. The summed E-state index contributed by atoms with van der Waals surface area (Å²) in [5.41, 5.74) is 23.2. The molecular weight excluding hydrogens is 889 g/mol. The van der Waals surface area contributed by atoms with Crippen molar-refractivity contribution in [1.82, 2.24) is 0 Å². The average Bonchev–Trinajstić information content (AvgIpc) is 3.96. The van der Waals surface area contributed by atoms with Crippen LogP contribution in [0.25, 0.3) is 44.2 Å². The number of benzene rings is 9. The van der Waals surface area contributed by atoms with Crippen molar-refractivity contribution in [3.05, 3.63) is 298 Å². The number of rotatable bonds is 4. The molecule has 0 nitrogen and oxygen atoms in total. The van der Waals surface area contributed by atoms with Gasteiger partial charge >= 0.3 is 0 Å². The smallest absolute Gasteiger partial charge is 0.0728 e. The van der Waals surface area contributed by atoms with Gasteiger partial charge in [-0.15, -0.1) is 0 Å². The van der Waals surface area contributed by atoms with Crippen LogP contribution in [0, 0.1) is 41.5 Å². The van der Waals surface area contributed by atoms with Crippen molar-refractivity contribution in [3.8, 4) is 22.3 Å². The summed E-state index contributed by atoms with van der Waals surface area (Å²) in [4.78, 5) is 0. The van der Waals surface area contributed by atoms with Gasteiger partial charge in [0, 0.05) is 0 Å².